The molecule has 0 heterocycles. The number of aromatic hydroxyl groups is 1. The summed E-state index contributed by atoms with van der Waals surface area (Å²) in [7, 11) is 0. The van der Waals surface area contributed by atoms with E-state index in [2.05, 4.69) is 19.2 Å². The van der Waals surface area contributed by atoms with Gasteiger partial charge in [-0.25, -0.2) is 0 Å². The lowest BCUT2D eigenvalue weighted by Crippen LogP contribution is -2.37. The van der Waals surface area contributed by atoms with Crippen molar-refractivity contribution in [2.45, 2.75) is 40.2 Å². The number of carbonyl (C=O) groups excluding carboxylic acids is 1. The molecule has 0 saturated heterocycles. The largest absolute Gasteiger partial charge is 0.508 e. The molecule has 2 atom stereocenters. The van der Waals surface area contributed by atoms with E-state index in [1.807, 2.05) is 6.92 Å². The topological polar surface area (TPSA) is 49.3 Å². The molecule has 0 aliphatic rings. The Labute approximate surface area is 103 Å². The Morgan fingerprint density at radius 2 is 2.06 bits per heavy atom. The Hall–Kier alpha value is -1.51. The number of hydrogen-bond donors (Lipinski definition) is 2. The number of nitrogens with one attached hydrogen (secondary N) is 1. The first-order valence-corrected chi connectivity index (χ1v) is 6.06. The quantitative estimate of drug-likeness (QED) is 0.843. The molecule has 0 fully saturated rings. The maximum Gasteiger partial charge on any atom is 0.251 e. The fraction of sp³-hybridized carbons (Fsp3) is 0.500. The molecule has 2 unspecified atom stereocenters. The summed E-state index contributed by atoms with van der Waals surface area (Å²) in [6, 6.07) is 5.14. The molecule has 0 aliphatic carbocycles. The molecule has 1 rings (SSSR count). The summed E-state index contributed by atoms with van der Waals surface area (Å²) in [6.07, 6.45) is 1.03. The van der Waals surface area contributed by atoms with E-state index in [9.17, 15) is 9.90 Å². The maximum atomic E-state index is 12.0. The first kappa shape index (κ1) is 13.6. The van der Waals surface area contributed by atoms with Crippen LogP contribution in [0.5, 0.6) is 5.75 Å². The molecule has 0 radical (unpaired) electrons. The van der Waals surface area contributed by atoms with E-state index < -0.39 is 0 Å². The third-order valence-corrected chi connectivity index (χ3v) is 3.41. The highest BCUT2D eigenvalue weighted by Crippen LogP contribution is 2.19. The second-order valence-corrected chi connectivity index (χ2v) is 4.60. The summed E-state index contributed by atoms with van der Waals surface area (Å²) < 4.78 is 0. The summed E-state index contributed by atoms with van der Waals surface area (Å²) in [5, 5.41) is 12.5. The Balaban J connectivity index is 2.80. The van der Waals surface area contributed by atoms with Gasteiger partial charge in [0.15, 0.2) is 0 Å². The van der Waals surface area contributed by atoms with Gasteiger partial charge < -0.3 is 10.4 Å². The van der Waals surface area contributed by atoms with Crippen molar-refractivity contribution in [3.8, 4) is 5.75 Å². The standard InChI is InChI=1S/C14H21NO2/c1-5-9(2)11(4)15-14(17)12-7-6-8-13(16)10(12)3/h6-9,11,16H,5H2,1-4H3,(H,15,17). The monoisotopic (exact) mass is 235 g/mol. The van der Waals surface area contributed by atoms with Gasteiger partial charge in [0, 0.05) is 17.2 Å². The second kappa shape index (κ2) is 5.71. The van der Waals surface area contributed by atoms with E-state index >= 15 is 0 Å². The van der Waals surface area contributed by atoms with Crippen LogP contribution in [-0.2, 0) is 0 Å². The van der Waals surface area contributed by atoms with E-state index in [1.54, 1.807) is 25.1 Å². The van der Waals surface area contributed by atoms with Gasteiger partial charge in [-0.05, 0) is 31.9 Å². The van der Waals surface area contributed by atoms with Gasteiger partial charge in [0.25, 0.3) is 5.91 Å². The van der Waals surface area contributed by atoms with Crippen molar-refractivity contribution in [3.63, 3.8) is 0 Å². The molecule has 3 nitrogen and oxygen atoms in total. The van der Waals surface area contributed by atoms with Crippen LogP contribution in [0.15, 0.2) is 18.2 Å². The first-order valence-electron chi connectivity index (χ1n) is 6.06. The number of rotatable bonds is 4. The summed E-state index contributed by atoms with van der Waals surface area (Å²) >= 11 is 0. The molecule has 0 spiro atoms. The minimum atomic E-state index is -0.119. The summed E-state index contributed by atoms with van der Waals surface area (Å²) in [5.41, 5.74) is 1.17. The van der Waals surface area contributed by atoms with Crippen LogP contribution in [0.1, 0.15) is 43.1 Å². The lowest BCUT2D eigenvalue weighted by molar-refractivity contribution is 0.0927. The van der Waals surface area contributed by atoms with Crippen LogP contribution in [0.3, 0.4) is 0 Å². The molecule has 3 heteroatoms. The molecular weight excluding hydrogens is 214 g/mol. The molecular formula is C14H21NO2. The Morgan fingerprint density at radius 3 is 2.65 bits per heavy atom. The lowest BCUT2D eigenvalue weighted by atomic mass is 10.00. The summed E-state index contributed by atoms with van der Waals surface area (Å²) in [5.74, 6) is 0.483. The van der Waals surface area contributed by atoms with E-state index in [1.165, 1.54) is 0 Å². The molecule has 2 N–H and O–H groups in total. The van der Waals surface area contributed by atoms with Gasteiger partial charge in [-0.2, -0.15) is 0 Å². The zero-order valence-corrected chi connectivity index (χ0v) is 10.9. The van der Waals surface area contributed by atoms with Gasteiger partial charge in [0.05, 0.1) is 0 Å². The van der Waals surface area contributed by atoms with Gasteiger partial charge in [-0.3, -0.25) is 4.79 Å². The zero-order chi connectivity index (χ0) is 13.0. The third kappa shape index (κ3) is 3.22. The van der Waals surface area contributed by atoms with Gasteiger partial charge >= 0.3 is 0 Å². The van der Waals surface area contributed by atoms with E-state index in [0.717, 1.165) is 6.42 Å². The van der Waals surface area contributed by atoms with Crippen molar-refractivity contribution in [1.29, 1.82) is 0 Å². The minimum Gasteiger partial charge on any atom is -0.508 e. The Bertz CT molecular complexity index is 401. The lowest BCUT2D eigenvalue weighted by Gasteiger charge is -2.20. The van der Waals surface area contributed by atoms with Crippen LogP contribution in [0.25, 0.3) is 0 Å². The number of phenolic OH excluding ortho intramolecular Hbond substituents is 1. The Morgan fingerprint density at radius 1 is 1.41 bits per heavy atom. The van der Waals surface area contributed by atoms with E-state index in [4.69, 9.17) is 0 Å². The van der Waals surface area contributed by atoms with Crippen LogP contribution in [0.4, 0.5) is 0 Å². The molecule has 1 aromatic rings. The van der Waals surface area contributed by atoms with Crippen molar-refractivity contribution < 1.29 is 9.90 Å². The predicted molar refractivity (Wildman–Crippen MR) is 69.2 cm³/mol. The van der Waals surface area contributed by atoms with Gasteiger partial charge in [-0.1, -0.05) is 26.3 Å². The maximum absolute atomic E-state index is 12.0. The summed E-state index contributed by atoms with van der Waals surface area (Å²) in [6.45, 7) is 7.97. The van der Waals surface area contributed by atoms with Crippen LogP contribution in [-0.4, -0.2) is 17.1 Å². The second-order valence-electron chi connectivity index (χ2n) is 4.60. The number of hydrogen-bond acceptors (Lipinski definition) is 2. The number of benzene rings is 1. The van der Waals surface area contributed by atoms with E-state index in [0.29, 0.717) is 17.0 Å². The number of carbonyl (C=O) groups is 1. The van der Waals surface area contributed by atoms with Crippen molar-refractivity contribution in [3.05, 3.63) is 29.3 Å². The molecule has 1 aromatic carbocycles. The molecule has 0 saturated carbocycles. The molecule has 1 amide bonds. The smallest absolute Gasteiger partial charge is 0.251 e. The molecule has 0 aliphatic heterocycles. The number of phenols is 1. The average molecular weight is 235 g/mol. The van der Waals surface area contributed by atoms with Crippen molar-refractivity contribution in [1.82, 2.24) is 5.32 Å². The highest BCUT2D eigenvalue weighted by Gasteiger charge is 2.16. The predicted octanol–water partition coefficient (Wildman–Crippen LogP) is 2.87. The molecule has 94 valence electrons. The number of amides is 1. The van der Waals surface area contributed by atoms with Crippen molar-refractivity contribution >= 4 is 5.91 Å². The van der Waals surface area contributed by atoms with Crippen LogP contribution >= 0.6 is 0 Å². The van der Waals surface area contributed by atoms with Crippen molar-refractivity contribution in [2.75, 3.05) is 0 Å². The fourth-order valence-corrected chi connectivity index (χ4v) is 1.65. The van der Waals surface area contributed by atoms with Crippen molar-refractivity contribution in [2.24, 2.45) is 5.92 Å². The summed E-state index contributed by atoms with van der Waals surface area (Å²) in [4.78, 5) is 12.0. The van der Waals surface area contributed by atoms with Gasteiger partial charge in [0.2, 0.25) is 0 Å². The zero-order valence-electron chi connectivity index (χ0n) is 10.9. The Kier molecular flexibility index (Phi) is 4.55. The highest BCUT2D eigenvalue weighted by atomic mass is 16.3. The van der Waals surface area contributed by atoms with E-state index in [-0.39, 0.29) is 17.7 Å². The first-order chi connectivity index (χ1) is 7.97. The molecule has 0 aromatic heterocycles. The SMILES string of the molecule is CCC(C)C(C)NC(=O)c1cccc(O)c1C. The normalized spacial score (nSPS) is 14.1. The molecule has 17 heavy (non-hydrogen) atoms. The third-order valence-electron chi connectivity index (χ3n) is 3.41. The minimum absolute atomic E-state index is 0.119. The van der Waals surface area contributed by atoms with Crippen LogP contribution in [0, 0.1) is 12.8 Å². The van der Waals surface area contributed by atoms with Gasteiger partial charge in [-0.15, -0.1) is 0 Å². The highest BCUT2D eigenvalue weighted by molar-refractivity contribution is 5.96. The van der Waals surface area contributed by atoms with Crippen LogP contribution in [0.2, 0.25) is 0 Å². The fourth-order valence-electron chi connectivity index (χ4n) is 1.65. The van der Waals surface area contributed by atoms with Gasteiger partial charge in [0.1, 0.15) is 5.75 Å². The molecule has 0 bridgehead atoms. The average Bonchev–Trinajstić information content (AvgIpc) is 2.31. The van der Waals surface area contributed by atoms with Crippen LogP contribution < -0.4 is 5.32 Å².